The topological polar surface area (TPSA) is 0 Å². The van der Waals surface area contributed by atoms with Gasteiger partial charge in [0.05, 0.1) is 0 Å². The minimum Gasteiger partial charge on any atom is -0.0616 e. The van der Waals surface area contributed by atoms with Crippen LogP contribution in [0, 0.1) is 0 Å². The van der Waals surface area contributed by atoms with Crippen LogP contribution in [0.1, 0.15) is 17.5 Å². The molecule has 0 heteroatoms. The smallest absolute Gasteiger partial charge is 0.0178 e. The minimum atomic E-state index is 1.25. The first-order chi connectivity index (χ1) is 9.40. The van der Waals surface area contributed by atoms with Crippen molar-refractivity contribution in [2.45, 2.75) is 19.3 Å². The summed E-state index contributed by atoms with van der Waals surface area (Å²) in [6.07, 6.45) is 3.82. The summed E-state index contributed by atoms with van der Waals surface area (Å²) < 4.78 is 0. The van der Waals surface area contributed by atoms with E-state index in [4.69, 9.17) is 0 Å². The molecule has 1 aliphatic carbocycles. The Morgan fingerprint density at radius 1 is 0.579 bits per heavy atom. The molecule has 19 heavy (non-hydrogen) atoms. The van der Waals surface area contributed by atoms with Crippen molar-refractivity contribution in [2.75, 3.05) is 0 Å². The van der Waals surface area contributed by atoms with Gasteiger partial charge in [0.2, 0.25) is 0 Å². The van der Waals surface area contributed by atoms with E-state index in [0.717, 1.165) is 0 Å². The molecule has 0 aromatic heterocycles. The second-order valence-electron chi connectivity index (χ2n) is 5.40. The molecule has 0 aliphatic heterocycles. The van der Waals surface area contributed by atoms with Gasteiger partial charge in [0, 0.05) is 0 Å². The molecule has 0 saturated carbocycles. The van der Waals surface area contributed by atoms with E-state index in [-0.39, 0.29) is 0 Å². The van der Waals surface area contributed by atoms with Crippen molar-refractivity contribution in [3.63, 3.8) is 0 Å². The van der Waals surface area contributed by atoms with E-state index in [9.17, 15) is 0 Å². The number of benzene rings is 3. The molecule has 3 aromatic rings. The Bertz CT molecular complexity index is 753. The lowest BCUT2D eigenvalue weighted by atomic mass is 9.98. The number of aryl methyl sites for hydroxylation is 2. The summed E-state index contributed by atoms with van der Waals surface area (Å²) in [5, 5.41) is 2.63. The van der Waals surface area contributed by atoms with Crippen molar-refractivity contribution in [1.82, 2.24) is 0 Å². The molecular weight excluding hydrogens is 228 g/mol. The number of hydrogen-bond donors (Lipinski definition) is 0. The lowest BCUT2D eigenvalue weighted by molar-refractivity contribution is 0.912. The van der Waals surface area contributed by atoms with E-state index in [2.05, 4.69) is 60.7 Å². The van der Waals surface area contributed by atoms with Crippen molar-refractivity contribution in [1.29, 1.82) is 0 Å². The monoisotopic (exact) mass is 244 g/mol. The molecule has 0 fully saturated rings. The van der Waals surface area contributed by atoms with Crippen LogP contribution in [0.5, 0.6) is 0 Å². The van der Waals surface area contributed by atoms with E-state index in [0.29, 0.717) is 0 Å². The maximum Gasteiger partial charge on any atom is -0.0178 e. The number of rotatable bonds is 1. The maximum atomic E-state index is 2.38. The fraction of sp³-hybridized carbons (Fsp3) is 0.158. The summed E-state index contributed by atoms with van der Waals surface area (Å²) in [5.41, 5.74) is 5.77. The van der Waals surface area contributed by atoms with Gasteiger partial charge < -0.3 is 0 Å². The van der Waals surface area contributed by atoms with Crippen molar-refractivity contribution < 1.29 is 0 Å². The quantitative estimate of drug-likeness (QED) is 0.565. The third kappa shape index (κ3) is 1.84. The fourth-order valence-electron chi connectivity index (χ4n) is 3.12. The van der Waals surface area contributed by atoms with Gasteiger partial charge in [-0.2, -0.15) is 0 Å². The predicted octanol–water partition coefficient (Wildman–Crippen LogP) is 5.00. The molecular formula is C19H16. The molecule has 1 aliphatic rings. The molecule has 0 N–H and O–H groups in total. The Balaban J connectivity index is 1.85. The zero-order chi connectivity index (χ0) is 12.7. The number of hydrogen-bond acceptors (Lipinski definition) is 0. The summed E-state index contributed by atoms with van der Waals surface area (Å²) >= 11 is 0. The Labute approximate surface area is 113 Å². The molecule has 3 aromatic carbocycles. The lowest BCUT2D eigenvalue weighted by Crippen LogP contribution is -1.85. The highest BCUT2D eigenvalue weighted by molar-refractivity contribution is 5.87. The summed E-state index contributed by atoms with van der Waals surface area (Å²) in [6.45, 7) is 0. The van der Waals surface area contributed by atoms with Gasteiger partial charge in [-0.05, 0) is 58.4 Å². The normalized spacial score (nSPS) is 13.7. The van der Waals surface area contributed by atoms with E-state index < -0.39 is 0 Å². The first-order valence-corrected chi connectivity index (χ1v) is 7.01. The second-order valence-corrected chi connectivity index (χ2v) is 5.40. The second kappa shape index (κ2) is 4.24. The third-order valence-corrected chi connectivity index (χ3v) is 4.18. The van der Waals surface area contributed by atoms with Gasteiger partial charge in [0.1, 0.15) is 0 Å². The van der Waals surface area contributed by atoms with Crippen LogP contribution in [0.25, 0.3) is 21.9 Å². The molecule has 0 amide bonds. The van der Waals surface area contributed by atoms with Gasteiger partial charge >= 0.3 is 0 Å². The Hall–Kier alpha value is -2.08. The van der Waals surface area contributed by atoms with Gasteiger partial charge in [-0.25, -0.2) is 0 Å². The molecule has 0 nitrogen and oxygen atoms in total. The first kappa shape index (κ1) is 10.8. The van der Waals surface area contributed by atoms with E-state index >= 15 is 0 Å². The van der Waals surface area contributed by atoms with Crippen molar-refractivity contribution in [3.8, 4) is 11.1 Å². The van der Waals surface area contributed by atoms with Gasteiger partial charge in [0.25, 0.3) is 0 Å². The van der Waals surface area contributed by atoms with E-state index in [1.807, 2.05) is 0 Å². The van der Waals surface area contributed by atoms with Crippen LogP contribution in [0.4, 0.5) is 0 Å². The van der Waals surface area contributed by atoms with Crippen molar-refractivity contribution in [2.24, 2.45) is 0 Å². The summed E-state index contributed by atoms with van der Waals surface area (Å²) in [5.74, 6) is 0. The van der Waals surface area contributed by atoms with Crippen molar-refractivity contribution in [3.05, 3.63) is 71.8 Å². The van der Waals surface area contributed by atoms with E-state index in [1.54, 1.807) is 11.1 Å². The Kier molecular flexibility index (Phi) is 2.41. The molecule has 0 bridgehead atoms. The van der Waals surface area contributed by atoms with Crippen LogP contribution in [0.3, 0.4) is 0 Å². The molecule has 92 valence electrons. The highest BCUT2D eigenvalue weighted by atomic mass is 14.2. The van der Waals surface area contributed by atoms with Crippen LogP contribution < -0.4 is 0 Å². The largest absolute Gasteiger partial charge is 0.0616 e. The standard InChI is InChI=1S/C19H16/c1-2-5-16-12-18(10-8-14(16)4-1)19-11-9-15-6-3-7-17(15)13-19/h1-2,4-5,8-13H,3,6-7H2. The predicted molar refractivity (Wildman–Crippen MR) is 81.4 cm³/mol. The van der Waals surface area contributed by atoms with Crippen LogP contribution in [-0.2, 0) is 12.8 Å². The summed E-state index contributed by atoms with van der Waals surface area (Å²) in [4.78, 5) is 0. The summed E-state index contributed by atoms with van der Waals surface area (Å²) in [6, 6.07) is 22.3. The third-order valence-electron chi connectivity index (χ3n) is 4.18. The highest BCUT2D eigenvalue weighted by Crippen LogP contribution is 2.29. The van der Waals surface area contributed by atoms with Crippen LogP contribution >= 0.6 is 0 Å². The molecule has 0 atom stereocenters. The molecule has 4 rings (SSSR count). The van der Waals surface area contributed by atoms with Crippen LogP contribution in [-0.4, -0.2) is 0 Å². The zero-order valence-electron chi connectivity index (χ0n) is 10.9. The van der Waals surface area contributed by atoms with Crippen LogP contribution in [0.15, 0.2) is 60.7 Å². The summed E-state index contributed by atoms with van der Waals surface area (Å²) in [7, 11) is 0. The van der Waals surface area contributed by atoms with Gasteiger partial charge in [-0.15, -0.1) is 0 Å². The molecule has 0 radical (unpaired) electrons. The van der Waals surface area contributed by atoms with Crippen LogP contribution in [0.2, 0.25) is 0 Å². The maximum absolute atomic E-state index is 2.38. The molecule has 0 saturated heterocycles. The van der Waals surface area contributed by atoms with Gasteiger partial charge in [-0.3, -0.25) is 0 Å². The fourth-order valence-corrected chi connectivity index (χ4v) is 3.12. The van der Waals surface area contributed by atoms with Gasteiger partial charge in [0.15, 0.2) is 0 Å². The number of fused-ring (bicyclic) bond motifs is 2. The zero-order valence-corrected chi connectivity index (χ0v) is 10.9. The van der Waals surface area contributed by atoms with E-state index in [1.165, 1.54) is 41.2 Å². The first-order valence-electron chi connectivity index (χ1n) is 7.01. The minimum absolute atomic E-state index is 1.25. The Morgan fingerprint density at radius 2 is 1.32 bits per heavy atom. The lowest BCUT2D eigenvalue weighted by Gasteiger charge is -2.07. The van der Waals surface area contributed by atoms with Crippen molar-refractivity contribution >= 4 is 10.8 Å². The SMILES string of the molecule is c1ccc2cc(-c3ccc4c(c3)CCC4)ccc2c1. The molecule has 0 unspecified atom stereocenters. The van der Waals surface area contributed by atoms with Gasteiger partial charge in [-0.1, -0.05) is 54.6 Å². The molecule has 0 spiro atoms. The highest BCUT2D eigenvalue weighted by Gasteiger charge is 2.11. The average Bonchev–Trinajstić information content (AvgIpc) is 2.94. The Morgan fingerprint density at radius 3 is 2.26 bits per heavy atom. The average molecular weight is 244 g/mol. The molecule has 0 heterocycles.